The summed E-state index contributed by atoms with van der Waals surface area (Å²) in [6, 6.07) is 12.3. The van der Waals surface area contributed by atoms with Crippen molar-refractivity contribution in [1.82, 2.24) is 9.97 Å². The van der Waals surface area contributed by atoms with Gasteiger partial charge in [0.25, 0.3) is 0 Å². The summed E-state index contributed by atoms with van der Waals surface area (Å²) in [6.45, 7) is 0.580. The third kappa shape index (κ3) is 2.01. The van der Waals surface area contributed by atoms with Gasteiger partial charge in [0.05, 0.1) is 16.9 Å². The van der Waals surface area contributed by atoms with Gasteiger partial charge in [-0.15, -0.1) is 11.3 Å². The van der Waals surface area contributed by atoms with E-state index in [0.717, 1.165) is 21.6 Å². The average molecular weight is 281 g/mol. The number of rotatable bonds is 3. The number of nitrogens with two attached hydrogens (primary N) is 1. The van der Waals surface area contributed by atoms with Crippen LogP contribution in [0.1, 0.15) is 29.3 Å². The zero-order chi connectivity index (χ0) is 13.5. The fourth-order valence-electron chi connectivity index (χ4n) is 2.48. The average Bonchev–Trinajstić information content (AvgIpc) is 3.26. The molecule has 2 aromatic heterocycles. The first-order chi connectivity index (χ1) is 9.85. The summed E-state index contributed by atoms with van der Waals surface area (Å²) in [5.74, 6) is 0.638. The van der Waals surface area contributed by atoms with E-state index in [1.54, 1.807) is 11.3 Å². The molecule has 0 radical (unpaired) electrons. The molecule has 0 bridgehead atoms. The maximum Gasteiger partial charge on any atom is 0.142 e. The lowest BCUT2D eigenvalue weighted by Gasteiger charge is -1.99. The predicted molar refractivity (Wildman–Crippen MR) is 82.7 cm³/mol. The molecule has 20 heavy (non-hydrogen) atoms. The van der Waals surface area contributed by atoms with Crippen molar-refractivity contribution in [3.8, 4) is 10.7 Å². The molecule has 2 heterocycles. The second kappa shape index (κ2) is 4.65. The van der Waals surface area contributed by atoms with E-state index >= 15 is 0 Å². The molecule has 1 aliphatic rings. The van der Waals surface area contributed by atoms with Gasteiger partial charge in [-0.1, -0.05) is 24.3 Å². The fourth-order valence-corrected chi connectivity index (χ4v) is 3.48. The van der Waals surface area contributed by atoms with Gasteiger partial charge in [0, 0.05) is 22.7 Å². The Kier molecular flexibility index (Phi) is 2.79. The first-order valence-electron chi connectivity index (χ1n) is 6.91. The van der Waals surface area contributed by atoms with E-state index in [2.05, 4.69) is 18.2 Å². The number of thiazole rings is 1. The number of pyridine rings is 1. The molecule has 0 spiro atoms. The summed E-state index contributed by atoms with van der Waals surface area (Å²) in [7, 11) is 0. The van der Waals surface area contributed by atoms with Gasteiger partial charge in [-0.2, -0.15) is 0 Å². The van der Waals surface area contributed by atoms with Crippen LogP contribution < -0.4 is 5.73 Å². The van der Waals surface area contributed by atoms with Gasteiger partial charge >= 0.3 is 0 Å². The Morgan fingerprint density at radius 2 is 1.95 bits per heavy atom. The monoisotopic (exact) mass is 281 g/mol. The SMILES string of the molecule is NCc1sc(-c2ccc3ccccc3n2)nc1C1CC1. The third-order valence-electron chi connectivity index (χ3n) is 3.69. The highest BCUT2D eigenvalue weighted by molar-refractivity contribution is 7.15. The zero-order valence-corrected chi connectivity index (χ0v) is 11.9. The van der Waals surface area contributed by atoms with Crippen molar-refractivity contribution >= 4 is 22.2 Å². The number of fused-ring (bicyclic) bond motifs is 1. The summed E-state index contributed by atoms with van der Waals surface area (Å²) in [5, 5.41) is 2.16. The van der Waals surface area contributed by atoms with Crippen molar-refractivity contribution in [2.24, 2.45) is 5.73 Å². The van der Waals surface area contributed by atoms with Gasteiger partial charge in [0.1, 0.15) is 5.01 Å². The van der Waals surface area contributed by atoms with E-state index in [0.29, 0.717) is 12.5 Å². The lowest BCUT2D eigenvalue weighted by atomic mass is 10.2. The van der Waals surface area contributed by atoms with E-state index in [9.17, 15) is 0 Å². The Morgan fingerprint density at radius 3 is 2.75 bits per heavy atom. The summed E-state index contributed by atoms with van der Waals surface area (Å²) >= 11 is 1.69. The molecule has 100 valence electrons. The Morgan fingerprint density at radius 1 is 1.10 bits per heavy atom. The van der Waals surface area contributed by atoms with E-state index in [1.165, 1.54) is 23.4 Å². The Hall–Kier alpha value is -1.78. The van der Waals surface area contributed by atoms with Gasteiger partial charge in [0.2, 0.25) is 0 Å². The molecule has 0 amide bonds. The number of aromatic nitrogens is 2. The fraction of sp³-hybridized carbons (Fsp3) is 0.250. The first kappa shape index (κ1) is 12.0. The molecule has 1 saturated carbocycles. The van der Waals surface area contributed by atoms with Gasteiger partial charge < -0.3 is 5.73 Å². The van der Waals surface area contributed by atoms with Crippen LogP contribution in [0, 0.1) is 0 Å². The van der Waals surface area contributed by atoms with Crippen molar-refractivity contribution < 1.29 is 0 Å². The minimum absolute atomic E-state index is 0.580. The zero-order valence-electron chi connectivity index (χ0n) is 11.0. The van der Waals surface area contributed by atoms with Crippen LogP contribution in [-0.2, 0) is 6.54 Å². The van der Waals surface area contributed by atoms with Crippen LogP contribution in [0.4, 0.5) is 0 Å². The van der Waals surface area contributed by atoms with Crippen LogP contribution in [0.2, 0.25) is 0 Å². The van der Waals surface area contributed by atoms with E-state index < -0.39 is 0 Å². The van der Waals surface area contributed by atoms with Crippen molar-refractivity contribution in [3.05, 3.63) is 47.0 Å². The predicted octanol–water partition coefficient (Wildman–Crippen LogP) is 3.69. The number of hydrogen-bond donors (Lipinski definition) is 1. The number of hydrogen-bond acceptors (Lipinski definition) is 4. The molecule has 0 atom stereocenters. The van der Waals surface area contributed by atoms with Crippen LogP contribution in [0.25, 0.3) is 21.6 Å². The molecular weight excluding hydrogens is 266 g/mol. The molecule has 0 unspecified atom stereocenters. The second-order valence-electron chi connectivity index (χ2n) is 5.20. The number of para-hydroxylation sites is 1. The lowest BCUT2D eigenvalue weighted by Crippen LogP contribution is -1.96. The van der Waals surface area contributed by atoms with Crippen LogP contribution in [0.15, 0.2) is 36.4 Å². The van der Waals surface area contributed by atoms with Crippen molar-refractivity contribution in [3.63, 3.8) is 0 Å². The van der Waals surface area contributed by atoms with Gasteiger partial charge in [0.15, 0.2) is 0 Å². The van der Waals surface area contributed by atoms with Crippen LogP contribution in [0.5, 0.6) is 0 Å². The second-order valence-corrected chi connectivity index (χ2v) is 6.28. The maximum absolute atomic E-state index is 5.85. The standard InChI is InChI=1S/C16H15N3S/c17-9-14-15(11-5-6-11)19-16(20-14)13-8-7-10-3-1-2-4-12(10)18-13/h1-4,7-8,11H,5-6,9,17H2. The molecule has 1 aromatic carbocycles. The molecule has 2 N–H and O–H groups in total. The van der Waals surface area contributed by atoms with Gasteiger partial charge in [-0.25, -0.2) is 9.97 Å². The number of nitrogens with zero attached hydrogens (tertiary/aromatic N) is 2. The van der Waals surface area contributed by atoms with Crippen molar-refractivity contribution in [1.29, 1.82) is 0 Å². The van der Waals surface area contributed by atoms with Crippen molar-refractivity contribution in [2.45, 2.75) is 25.3 Å². The highest BCUT2D eigenvalue weighted by atomic mass is 32.1. The molecule has 3 aromatic rings. The minimum Gasteiger partial charge on any atom is -0.326 e. The Balaban J connectivity index is 1.81. The largest absolute Gasteiger partial charge is 0.326 e. The highest BCUT2D eigenvalue weighted by Gasteiger charge is 2.29. The molecule has 3 nitrogen and oxygen atoms in total. The normalized spacial score (nSPS) is 14.8. The topological polar surface area (TPSA) is 51.8 Å². The van der Waals surface area contributed by atoms with E-state index in [-0.39, 0.29) is 0 Å². The third-order valence-corrected chi connectivity index (χ3v) is 4.81. The minimum atomic E-state index is 0.580. The van der Waals surface area contributed by atoms with Gasteiger partial charge in [-0.05, 0) is 25.0 Å². The molecule has 0 aliphatic heterocycles. The summed E-state index contributed by atoms with van der Waals surface area (Å²) < 4.78 is 0. The van der Waals surface area contributed by atoms with E-state index in [1.807, 2.05) is 18.2 Å². The lowest BCUT2D eigenvalue weighted by molar-refractivity contribution is 0.979. The van der Waals surface area contributed by atoms with Crippen LogP contribution in [0.3, 0.4) is 0 Å². The molecule has 0 saturated heterocycles. The molecular formula is C16H15N3S. The van der Waals surface area contributed by atoms with Crippen LogP contribution >= 0.6 is 11.3 Å². The quantitative estimate of drug-likeness (QED) is 0.796. The Bertz CT molecular complexity index is 774. The summed E-state index contributed by atoms with van der Waals surface area (Å²) in [6.07, 6.45) is 2.50. The van der Waals surface area contributed by atoms with Crippen molar-refractivity contribution in [2.75, 3.05) is 0 Å². The van der Waals surface area contributed by atoms with E-state index in [4.69, 9.17) is 15.7 Å². The molecule has 4 rings (SSSR count). The maximum atomic E-state index is 5.85. The highest BCUT2D eigenvalue weighted by Crippen LogP contribution is 2.43. The Labute approximate surface area is 121 Å². The van der Waals surface area contributed by atoms with Crippen LogP contribution in [-0.4, -0.2) is 9.97 Å². The smallest absolute Gasteiger partial charge is 0.142 e. The first-order valence-corrected chi connectivity index (χ1v) is 7.72. The summed E-state index contributed by atoms with van der Waals surface area (Å²) in [4.78, 5) is 10.7. The molecule has 1 fully saturated rings. The molecule has 4 heteroatoms. The number of benzene rings is 1. The summed E-state index contributed by atoms with van der Waals surface area (Å²) in [5.41, 5.74) is 9.03. The molecule has 1 aliphatic carbocycles. The van der Waals surface area contributed by atoms with Gasteiger partial charge in [-0.3, -0.25) is 0 Å².